The molecule has 0 saturated carbocycles. The maximum Gasteiger partial charge on any atom is 0.129 e. The number of aromatic nitrogens is 2. The van der Waals surface area contributed by atoms with Gasteiger partial charge in [-0.15, -0.1) is 0 Å². The van der Waals surface area contributed by atoms with Crippen LogP contribution in [0.2, 0.25) is 0 Å². The summed E-state index contributed by atoms with van der Waals surface area (Å²) in [5, 5.41) is 12.3. The molecule has 0 radical (unpaired) electrons. The second kappa shape index (κ2) is 5.84. The fourth-order valence-electron chi connectivity index (χ4n) is 2.15. The van der Waals surface area contributed by atoms with Gasteiger partial charge >= 0.3 is 0 Å². The second-order valence-corrected chi connectivity index (χ2v) is 6.06. The van der Waals surface area contributed by atoms with Gasteiger partial charge < -0.3 is 15.2 Å². The zero-order valence-corrected chi connectivity index (χ0v) is 11.9. The Labute approximate surface area is 114 Å². The zero-order valence-electron chi connectivity index (χ0n) is 11.9. The lowest BCUT2D eigenvalue weighted by molar-refractivity contribution is 0.0174. The van der Waals surface area contributed by atoms with Gasteiger partial charge in [-0.3, -0.25) is 0 Å². The van der Waals surface area contributed by atoms with Crippen molar-refractivity contribution in [1.82, 2.24) is 9.97 Å². The molecule has 19 heavy (non-hydrogen) atoms. The minimum absolute atomic E-state index is 0.00216. The first-order valence-corrected chi connectivity index (χ1v) is 6.82. The molecule has 1 aromatic heterocycles. The summed E-state index contributed by atoms with van der Waals surface area (Å²) in [5.41, 5.74) is 1.04. The van der Waals surface area contributed by atoms with Crippen molar-refractivity contribution in [3.05, 3.63) is 18.1 Å². The Balaban J connectivity index is 1.90. The first-order valence-electron chi connectivity index (χ1n) is 6.82. The first-order chi connectivity index (χ1) is 8.99. The highest BCUT2D eigenvalue weighted by Crippen LogP contribution is 2.22. The molecule has 0 bridgehead atoms. The topological polar surface area (TPSA) is 67.3 Å². The number of nitrogens with one attached hydrogen (secondary N) is 1. The molecule has 1 aliphatic heterocycles. The Morgan fingerprint density at radius 2 is 2.05 bits per heavy atom. The molecule has 1 saturated heterocycles. The quantitative estimate of drug-likeness (QED) is 0.867. The van der Waals surface area contributed by atoms with Gasteiger partial charge in [-0.05, 0) is 12.8 Å². The third kappa shape index (κ3) is 3.88. The van der Waals surface area contributed by atoms with Crippen molar-refractivity contribution < 1.29 is 9.84 Å². The van der Waals surface area contributed by atoms with Crippen molar-refractivity contribution in [3.63, 3.8) is 0 Å². The normalized spacial score (nSPS) is 23.6. The van der Waals surface area contributed by atoms with E-state index in [4.69, 9.17) is 9.84 Å². The third-order valence-corrected chi connectivity index (χ3v) is 3.35. The lowest BCUT2D eigenvalue weighted by atomic mass is 9.92. The Morgan fingerprint density at radius 3 is 2.68 bits per heavy atom. The van der Waals surface area contributed by atoms with E-state index in [0.29, 0.717) is 0 Å². The van der Waals surface area contributed by atoms with Crippen molar-refractivity contribution >= 4 is 5.82 Å². The summed E-state index contributed by atoms with van der Waals surface area (Å²) >= 11 is 0. The summed E-state index contributed by atoms with van der Waals surface area (Å²) in [4.78, 5) is 8.53. The molecule has 2 heterocycles. The maximum absolute atomic E-state index is 9.03. The van der Waals surface area contributed by atoms with Crippen molar-refractivity contribution in [3.8, 4) is 0 Å². The Morgan fingerprint density at radius 1 is 1.32 bits per heavy atom. The van der Waals surface area contributed by atoms with Crippen LogP contribution in [-0.2, 0) is 10.2 Å². The van der Waals surface area contributed by atoms with Gasteiger partial charge in [0.2, 0.25) is 0 Å². The number of aliphatic hydroxyl groups excluding tert-OH is 1. The third-order valence-electron chi connectivity index (χ3n) is 3.35. The molecule has 5 heteroatoms. The van der Waals surface area contributed by atoms with Crippen molar-refractivity contribution in [2.75, 3.05) is 18.5 Å². The molecule has 0 aliphatic carbocycles. The van der Waals surface area contributed by atoms with Gasteiger partial charge in [0.25, 0.3) is 0 Å². The molecule has 1 aromatic rings. The monoisotopic (exact) mass is 265 g/mol. The number of nitrogens with zero attached hydrogens (tertiary/aromatic N) is 2. The lowest BCUT2D eigenvalue weighted by Gasteiger charge is -2.18. The minimum Gasteiger partial charge on any atom is -0.394 e. The molecule has 106 valence electrons. The Kier molecular flexibility index (Phi) is 4.37. The predicted octanol–water partition coefficient (Wildman–Crippen LogP) is 1.73. The number of aliphatic hydroxyl groups is 1. The van der Waals surface area contributed by atoms with E-state index >= 15 is 0 Å². The number of rotatable bonds is 4. The van der Waals surface area contributed by atoms with E-state index in [1.54, 1.807) is 6.33 Å². The van der Waals surface area contributed by atoms with Gasteiger partial charge in [0, 0.05) is 18.0 Å². The molecule has 2 N–H and O–H groups in total. The molecule has 5 nitrogen and oxygen atoms in total. The van der Waals surface area contributed by atoms with Crippen LogP contribution in [0.1, 0.15) is 39.3 Å². The predicted molar refractivity (Wildman–Crippen MR) is 74.2 cm³/mol. The molecular weight excluding hydrogens is 242 g/mol. The Hall–Kier alpha value is -1.20. The summed E-state index contributed by atoms with van der Waals surface area (Å²) in [6.07, 6.45) is 3.66. The van der Waals surface area contributed by atoms with E-state index in [-0.39, 0.29) is 24.2 Å². The molecule has 0 unspecified atom stereocenters. The van der Waals surface area contributed by atoms with Crippen molar-refractivity contribution in [1.29, 1.82) is 0 Å². The largest absolute Gasteiger partial charge is 0.394 e. The smallest absolute Gasteiger partial charge is 0.129 e. The molecule has 2 atom stereocenters. The molecule has 0 amide bonds. The summed E-state index contributed by atoms with van der Waals surface area (Å²) in [5.74, 6) is 0.830. The van der Waals surface area contributed by atoms with E-state index in [1.165, 1.54) is 0 Å². The second-order valence-electron chi connectivity index (χ2n) is 6.06. The highest BCUT2D eigenvalue weighted by molar-refractivity contribution is 5.36. The van der Waals surface area contributed by atoms with Gasteiger partial charge in [-0.1, -0.05) is 20.8 Å². The van der Waals surface area contributed by atoms with Gasteiger partial charge in [0.1, 0.15) is 12.1 Å². The van der Waals surface area contributed by atoms with E-state index in [0.717, 1.165) is 30.9 Å². The van der Waals surface area contributed by atoms with Crippen LogP contribution < -0.4 is 5.32 Å². The molecule has 1 aliphatic rings. The number of hydrogen-bond donors (Lipinski definition) is 2. The summed E-state index contributed by atoms with van der Waals surface area (Å²) < 4.78 is 5.67. The first kappa shape index (κ1) is 14.2. The Bertz CT molecular complexity index is 417. The van der Waals surface area contributed by atoms with E-state index in [9.17, 15) is 0 Å². The van der Waals surface area contributed by atoms with Gasteiger partial charge in [-0.25, -0.2) is 9.97 Å². The van der Waals surface area contributed by atoms with Crippen LogP contribution in [0, 0.1) is 0 Å². The van der Waals surface area contributed by atoms with Crippen LogP contribution >= 0.6 is 0 Å². The van der Waals surface area contributed by atoms with Crippen LogP contribution in [0.15, 0.2) is 12.4 Å². The van der Waals surface area contributed by atoms with Crippen LogP contribution in [-0.4, -0.2) is 40.4 Å². The zero-order chi connectivity index (χ0) is 13.9. The summed E-state index contributed by atoms with van der Waals surface area (Å²) in [6.45, 7) is 7.22. The van der Waals surface area contributed by atoms with Crippen molar-refractivity contribution in [2.24, 2.45) is 0 Å². The van der Waals surface area contributed by atoms with Gasteiger partial charge in [0.05, 0.1) is 24.5 Å². The fraction of sp³-hybridized carbons (Fsp3) is 0.714. The molecule has 0 spiro atoms. The highest BCUT2D eigenvalue weighted by Gasteiger charge is 2.24. The lowest BCUT2D eigenvalue weighted by Crippen LogP contribution is -2.22. The van der Waals surface area contributed by atoms with Gasteiger partial charge in [0.15, 0.2) is 0 Å². The van der Waals surface area contributed by atoms with Crippen LogP contribution in [0.4, 0.5) is 5.82 Å². The number of ether oxygens (including phenoxy) is 1. The summed E-state index contributed by atoms with van der Waals surface area (Å²) in [7, 11) is 0. The van der Waals surface area contributed by atoms with Crippen LogP contribution in [0.25, 0.3) is 0 Å². The molecule has 1 fully saturated rings. The average molecular weight is 265 g/mol. The van der Waals surface area contributed by atoms with E-state index in [2.05, 4.69) is 36.1 Å². The minimum atomic E-state index is 0.00216. The van der Waals surface area contributed by atoms with Crippen LogP contribution in [0.5, 0.6) is 0 Å². The number of hydrogen-bond acceptors (Lipinski definition) is 5. The molecular formula is C14H23N3O2. The molecule has 2 rings (SSSR count). The summed E-state index contributed by atoms with van der Waals surface area (Å²) in [6, 6.07) is 1.98. The number of anilines is 1. The van der Waals surface area contributed by atoms with E-state index in [1.807, 2.05) is 6.07 Å². The standard InChI is InChI=1S/C14H23N3O2/c1-14(2,3)12-6-13(17-9-16-12)15-7-10-4-5-11(8-18)19-10/h6,9-11,18H,4-5,7-8H2,1-3H3,(H,15,16,17)/t10-,11+/m1/s1. The maximum atomic E-state index is 9.03. The van der Waals surface area contributed by atoms with Crippen LogP contribution in [0.3, 0.4) is 0 Å². The van der Waals surface area contributed by atoms with Crippen molar-refractivity contribution in [2.45, 2.75) is 51.2 Å². The van der Waals surface area contributed by atoms with E-state index < -0.39 is 0 Å². The average Bonchev–Trinajstić information content (AvgIpc) is 2.84. The molecule has 0 aromatic carbocycles. The van der Waals surface area contributed by atoms with Gasteiger partial charge in [-0.2, -0.15) is 0 Å². The fourth-order valence-corrected chi connectivity index (χ4v) is 2.15. The highest BCUT2D eigenvalue weighted by atomic mass is 16.5. The SMILES string of the molecule is CC(C)(C)c1cc(NC[C@H]2CC[C@@H](CO)O2)ncn1.